The molecular formula is C21H21N3O6S. The van der Waals surface area contributed by atoms with Crippen LogP contribution in [0, 0.1) is 0 Å². The van der Waals surface area contributed by atoms with Gasteiger partial charge in [0.2, 0.25) is 11.8 Å². The zero-order chi connectivity index (χ0) is 22.3. The minimum Gasteiger partial charge on any atom is -0.508 e. The number of furan rings is 1. The van der Waals surface area contributed by atoms with E-state index >= 15 is 0 Å². The summed E-state index contributed by atoms with van der Waals surface area (Å²) < 4.78 is 4.54. The third-order valence-electron chi connectivity index (χ3n) is 5.32. The maximum atomic E-state index is 13.1. The van der Waals surface area contributed by atoms with E-state index in [0.717, 1.165) is 0 Å². The number of nitrogens with zero attached hydrogens (tertiary/aromatic N) is 2. The molecule has 31 heavy (non-hydrogen) atoms. The number of β-lactam (4-membered cyclic amide) rings is 1. The van der Waals surface area contributed by atoms with E-state index in [1.54, 1.807) is 38.1 Å². The monoisotopic (exact) mass is 443 g/mol. The topological polar surface area (TPSA) is 132 Å². The molecule has 0 bridgehead atoms. The average molecular weight is 443 g/mol. The van der Waals surface area contributed by atoms with Crippen molar-refractivity contribution in [2.45, 2.75) is 42.1 Å². The molecule has 1 aromatic heterocycles. The van der Waals surface area contributed by atoms with Gasteiger partial charge < -0.3 is 24.8 Å². The van der Waals surface area contributed by atoms with Crippen LogP contribution in [0.4, 0.5) is 0 Å². The Hall–Kier alpha value is -3.27. The molecule has 3 N–H and O–H groups in total. The van der Waals surface area contributed by atoms with E-state index in [1.165, 1.54) is 41.3 Å². The van der Waals surface area contributed by atoms with Gasteiger partial charge in [-0.1, -0.05) is 12.1 Å². The van der Waals surface area contributed by atoms with Gasteiger partial charge in [-0.25, -0.2) is 4.79 Å². The van der Waals surface area contributed by atoms with Crippen molar-refractivity contribution in [3.05, 3.63) is 54.0 Å². The normalized spacial score (nSPS) is 25.2. The number of fused-ring (bicyclic) bond motifs is 1. The van der Waals surface area contributed by atoms with Crippen LogP contribution in [0.2, 0.25) is 0 Å². The van der Waals surface area contributed by atoms with Gasteiger partial charge >= 0.3 is 5.97 Å². The third kappa shape index (κ3) is 3.78. The Morgan fingerprint density at radius 1 is 1.29 bits per heavy atom. The number of thioether (sulfide) groups is 1. The van der Waals surface area contributed by atoms with Crippen LogP contribution in [-0.4, -0.2) is 61.3 Å². The van der Waals surface area contributed by atoms with Crippen LogP contribution in [0.5, 0.6) is 5.75 Å². The van der Waals surface area contributed by atoms with E-state index in [9.17, 15) is 24.6 Å². The number of carbonyl (C=O) groups excluding carboxylic acids is 2. The number of aliphatic carboxylic acids is 1. The molecule has 0 radical (unpaired) electrons. The summed E-state index contributed by atoms with van der Waals surface area (Å²) in [6.45, 7) is 3.54. The first-order chi connectivity index (χ1) is 14.7. The molecule has 2 aromatic rings. The van der Waals surface area contributed by atoms with Crippen molar-refractivity contribution >= 4 is 35.8 Å². The summed E-state index contributed by atoms with van der Waals surface area (Å²) >= 11 is 1.35. The van der Waals surface area contributed by atoms with Crippen LogP contribution < -0.4 is 5.32 Å². The lowest BCUT2D eigenvalue weighted by molar-refractivity contribution is -0.161. The lowest BCUT2D eigenvalue weighted by Crippen LogP contribution is -2.70. The highest BCUT2D eigenvalue weighted by atomic mass is 32.2. The number of phenolic OH excluding ortho intramolecular Hbond substituents is 1. The molecule has 4 rings (SSSR count). The zero-order valence-corrected chi connectivity index (χ0v) is 17.6. The van der Waals surface area contributed by atoms with E-state index in [-0.39, 0.29) is 5.75 Å². The van der Waals surface area contributed by atoms with Crippen LogP contribution in [0.15, 0.2) is 52.1 Å². The molecule has 2 fully saturated rings. The molecule has 2 amide bonds. The number of carboxylic acids is 1. The molecule has 0 spiro atoms. The van der Waals surface area contributed by atoms with E-state index in [4.69, 9.17) is 4.42 Å². The van der Waals surface area contributed by atoms with Gasteiger partial charge in [0.15, 0.2) is 6.04 Å². The van der Waals surface area contributed by atoms with Gasteiger partial charge in [0.1, 0.15) is 29.0 Å². The molecule has 0 aliphatic carbocycles. The van der Waals surface area contributed by atoms with Crippen LogP contribution >= 0.6 is 11.8 Å². The number of aromatic hydroxyl groups is 1. The second-order valence-corrected chi connectivity index (χ2v) is 9.64. The Bertz CT molecular complexity index is 1030. The second kappa shape index (κ2) is 7.77. The molecule has 2 aliphatic heterocycles. The maximum absolute atomic E-state index is 13.1. The van der Waals surface area contributed by atoms with Gasteiger partial charge in [-0.3, -0.25) is 14.6 Å². The Kier molecular flexibility index (Phi) is 5.26. The summed E-state index contributed by atoms with van der Waals surface area (Å²) in [6, 6.07) is 6.64. The first-order valence-corrected chi connectivity index (χ1v) is 10.5. The van der Waals surface area contributed by atoms with Gasteiger partial charge in [-0.05, 0) is 43.7 Å². The van der Waals surface area contributed by atoms with Gasteiger partial charge in [0.05, 0.1) is 12.5 Å². The number of aliphatic imine (C=N–C) groups is 1. The van der Waals surface area contributed by atoms with Crippen molar-refractivity contribution in [1.82, 2.24) is 10.2 Å². The minimum absolute atomic E-state index is 0.0482. The summed E-state index contributed by atoms with van der Waals surface area (Å²) in [5.41, 5.74) is 0.518. The SMILES string of the molecule is CC1(C)S[C@@H]2[C@H](NC(=O)C(N=Cc3ccco3)c3ccc(O)cc3)C(=O)N2[C@H]1C(=O)O. The van der Waals surface area contributed by atoms with Gasteiger partial charge in [0.25, 0.3) is 0 Å². The summed E-state index contributed by atoms with van der Waals surface area (Å²) in [7, 11) is 0. The van der Waals surface area contributed by atoms with Crippen molar-refractivity contribution in [2.75, 3.05) is 0 Å². The van der Waals surface area contributed by atoms with Gasteiger partial charge in [0, 0.05) is 4.75 Å². The Balaban J connectivity index is 1.55. The van der Waals surface area contributed by atoms with E-state index in [1.807, 2.05) is 0 Å². The Morgan fingerprint density at radius 2 is 2.00 bits per heavy atom. The number of nitrogens with one attached hydrogen (secondary N) is 1. The molecule has 2 saturated heterocycles. The number of amides is 2. The second-order valence-electron chi connectivity index (χ2n) is 7.87. The number of benzene rings is 1. The molecule has 1 aromatic carbocycles. The van der Waals surface area contributed by atoms with Crippen LogP contribution in [0.3, 0.4) is 0 Å². The summed E-state index contributed by atoms with van der Waals surface area (Å²) in [6.07, 6.45) is 2.90. The minimum atomic E-state index is -1.07. The van der Waals surface area contributed by atoms with Crippen molar-refractivity contribution in [1.29, 1.82) is 0 Å². The highest BCUT2D eigenvalue weighted by molar-refractivity contribution is 8.01. The molecule has 4 atom stereocenters. The molecule has 2 aliphatic rings. The molecule has 3 heterocycles. The van der Waals surface area contributed by atoms with E-state index in [0.29, 0.717) is 11.3 Å². The fourth-order valence-corrected chi connectivity index (χ4v) is 5.48. The quantitative estimate of drug-likeness (QED) is 0.458. The van der Waals surface area contributed by atoms with Crippen LogP contribution in [-0.2, 0) is 14.4 Å². The number of rotatable bonds is 6. The van der Waals surface area contributed by atoms with Crippen LogP contribution in [0.1, 0.15) is 31.2 Å². The molecular weight excluding hydrogens is 422 g/mol. The third-order valence-corrected chi connectivity index (χ3v) is 6.90. The van der Waals surface area contributed by atoms with Crippen molar-refractivity contribution in [3.8, 4) is 5.75 Å². The molecule has 10 heteroatoms. The smallest absolute Gasteiger partial charge is 0.327 e. The predicted octanol–water partition coefficient (Wildman–Crippen LogP) is 1.78. The first kappa shape index (κ1) is 21.0. The molecule has 0 saturated carbocycles. The summed E-state index contributed by atoms with van der Waals surface area (Å²) in [4.78, 5) is 43.1. The average Bonchev–Trinajstić information content (AvgIpc) is 3.31. The van der Waals surface area contributed by atoms with Crippen molar-refractivity contribution < 1.29 is 29.0 Å². The first-order valence-electron chi connectivity index (χ1n) is 9.58. The Morgan fingerprint density at radius 3 is 2.61 bits per heavy atom. The largest absolute Gasteiger partial charge is 0.508 e. The fourth-order valence-electron chi connectivity index (χ4n) is 3.85. The molecule has 1 unspecified atom stereocenters. The zero-order valence-electron chi connectivity index (χ0n) is 16.8. The lowest BCUT2D eigenvalue weighted by atomic mass is 9.95. The Labute approximate surface area is 182 Å². The van der Waals surface area contributed by atoms with Crippen LogP contribution in [0.25, 0.3) is 0 Å². The van der Waals surface area contributed by atoms with E-state index < -0.39 is 46.0 Å². The standard InChI is InChI=1S/C21H21N3O6S/c1-21(2)16(20(28)29)24-18(27)15(19(24)31-21)23-17(26)14(11-5-7-12(25)8-6-11)22-10-13-4-3-9-30-13/h3-10,14-16,19,25H,1-2H3,(H,23,26)(H,28,29)/t14?,15-,16+,19-/m1/s1. The fraction of sp³-hybridized carbons (Fsp3) is 0.333. The van der Waals surface area contributed by atoms with E-state index in [2.05, 4.69) is 10.3 Å². The summed E-state index contributed by atoms with van der Waals surface area (Å²) in [5.74, 6) is -1.50. The molecule has 162 valence electrons. The van der Waals surface area contributed by atoms with Gasteiger partial charge in [-0.2, -0.15) is 0 Å². The number of carbonyl (C=O) groups is 3. The number of hydrogen-bond donors (Lipinski definition) is 3. The highest BCUT2D eigenvalue weighted by Crippen LogP contribution is 2.50. The van der Waals surface area contributed by atoms with Crippen molar-refractivity contribution in [2.24, 2.45) is 4.99 Å². The molecule has 9 nitrogen and oxygen atoms in total. The number of carboxylic acid groups (broad SMARTS) is 1. The van der Waals surface area contributed by atoms with Gasteiger partial charge in [-0.15, -0.1) is 11.8 Å². The number of hydrogen-bond acceptors (Lipinski definition) is 7. The maximum Gasteiger partial charge on any atom is 0.327 e. The highest BCUT2D eigenvalue weighted by Gasteiger charge is 2.64. The predicted molar refractivity (Wildman–Crippen MR) is 113 cm³/mol. The lowest BCUT2D eigenvalue weighted by Gasteiger charge is -2.43. The van der Waals surface area contributed by atoms with Crippen molar-refractivity contribution in [3.63, 3.8) is 0 Å². The number of phenols is 1. The summed E-state index contributed by atoms with van der Waals surface area (Å²) in [5, 5.41) is 21.4.